The van der Waals surface area contributed by atoms with Crippen molar-refractivity contribution in [2.24, 2.45) is 0 Å². The average Bonchev–Trinajstić information content (AvgIpc) is 2.92. The number of ether oxygens (including phenoxy) is 3. The van der Waals surface area contributed by atoms with E-state index in [1.54, 1.807) is 7.11 Å². The van der Waals surface area contributed by atoms with Crippen LogP contribution in [0.25, 0.3) is 10.9 Å². The number of nitrogens with zero attached hydrogens (tertiary/aromatic N) is 2. The lowest BCUT2D eigenvalue weighted by molar-refractivity contribution is 0.00338. The van der Waals surface area contributed by atoms with Gasteiger partial charge in [0, 0.05) is 27.9 Å². The summed E-state index contributed by atoms with van der Waals surface area (Å²) in [4.78, 5) is 6.93. The average molecular weight is 563 g/mol. The lowest BCUT2D eigenvalue weighted by Gasteiger charge is -2.39. The van der Waals surface area contributed by atoms with E-state index in [0.29, 0.717) is 43.6 Å². The molecule has 3 aromatic carbocycles. The molecule has 2 unspecified atom stereocenters. The summed E-state index contributed by atoms with van der Waals surface area (Å²) >= 11 is 3.59. The van der Waals surface area contributed by atoms with Crippen LogP contribution in [0.3, 0.4) is 0 Å². The zero-order chi connectivity index (χ0) is 26.0. The van der Waals surface area contributed by atoms with Crippen LogP contribution in [0, 0.1) is 0 Å². The largest absolute Gasteiger partial charge is 0.486 e. The lowest BCUT2D eigenvalue weighted by atomic mass is 9.71. The topological polar surface area (TPSA) is 64.1 Å². The van der Waals surface area contributed by atoms with Crippen LogP contribution < -0.4 is 14.2 Å². The molecular weight excluding hydrogens is 532 g/mol. The Bertz CT molecular complexity index is 1400. The van der Waals surface area contributed by atoms with Crippen LogP contribution in [0.15, 0.2) is 77.3 Å². The van der Waals surface area contributed by atoms with Gasteiger partial charge in [0.15, 0.2) is 11.5 Å². The van der Waals surface area contributed by atoms with Crippen LogP contribution in [0.5, 0.6) is 17.4 Å². The summed E-state index contributed by atoms with van der Waals surface area (Å²) in [6.45, 7) is 1.66. The van der Waals surface area contributed by atoms with E-state index in [2.05, 4.69) is 26.9 Å². The number of rotatable bonds is 8. The maximum absolute atomic E-state index is 12.8. The number of benzene rings is 3. The zero-order valence-electron chi connectivity index (χ0n) is 21.3. The highest BCUT2D eigenvalue weighted by Crippen LogP contribution is 2.49. The Hall–Kier alpha value is -3.13. The van der Waals surface area contributed by atoms with Gasteiger partial charge in [0.05, 0.1) is 12.6 Å². The third kappa shape index (κ3) is 5.17. The molecule has 0 saturated heterocycles. The molecule has 1 aliphatic rings. The smallest absolute Gasteiger partial charge is 0.217 e. The van der Waals surface area contributed by atoms with Gasteiger partial charge in [-0.25, -0.2) is 4.98 Å². The summed E-state index contributed by atoms with van der Waals surface area (Å²) in [7, 11) is 5.65. The van der Waals surface area contributed by atoms with E-state index in [-0.39, 0.29) is 0 Å². The van der Waals surface area contributed by atoms with E-state index >= 15 is 0 Å². The van der Waals surface area contributed by atoms with Gasteiger partial charge in [-0.2, -0.15) is 0 Å². The molecule has 7 heteroatoms. The second kappa shape index (κ2) is 10.7. The van der Waals surface area contributed by atoms with Gasteiger partial charge in [-0.3, -0.25) is 0 Å². The molecule has 0 aliphatic carbocycles. The number of pyridine rings is 1. The quantitative estimate of drug-likeness (QED) is 0.295. The molecule has 2 heterocycles. The van der Waals surface area contributed by atoms with Gasteiger partial charge >= 0.3 is 0 Å². The predicted molar refractivity (Wildman–Crippen MR) is 149 cm³/mol. The molecule has 4 aromatic rings. The van der Waals surface area contributed by atoms with Crippen molar-refractivity contribution in [2.45, 2.75) is 17.9 Å². The standard InChI is InChI=1S/C30H31BrN2O4/c1-33(2)14-13-30(34,22-9-12-26-27(19-22)37-16-15-36-26)28(20-7-5-4-6-8-20)24-18-21-17-23(31)10-11-25(21)32-29(24)35-3/h4-12,17-19,28,34H,13-16H2,1-3H3. The van der Waals surface area contributed by atoms with Crippen molar-refractivity contribution in [3.63, 3.8) is 0 Å². The third-order valence-corrected chi connectivity index (χ3v) is 7.36. The summed E-state index contributed by atoms with van der Waals surface area (Å²) in [6, 6.07) is 23.9. The van der Waals surface area contributed by atoms with Crippen LogP contribution in [0.4, 0.5) is 0 Å². The molecule has 0 bridgehead atoms. The summed E-state index contributed by atoms with van der Waals surface area (Å²) in [5.41, 5.74) is 2.05. The van der Waals surface area contributed by atoms with E-state index in [1.807, 2.05) is 80.8 Å². The molecule has 37 heavy (non-hydrogen) atoms. The Kier molecular flexibility index (Phi) is 7.38. The fourth-order valence-electron chi connectivity index (χ4n) is 5.04. The number of halogens is 1. The molecule has 0 amide bonds. The van der Waals surface area contributed by atoms with Crippen molar-refractivity contribution in [3.05, 3.63) is 94.0 Å². The van der Waals surface area contributed by atoms with Crippen molar-refractivity contribution < 1.29 is 19.3 Å². The van der Waals surface area contributed by atoms with Gasteiger partial charge in [0.2, 0.25) is 5.88 Å². The molecule has 0 saturated carbocycles. The SMILES string of the molecule is COc1nc2ccc(Br)cc2cc1C(c1ccccc1)C(O)(CCN(C)C)c1ccc2c(c1)OCCO2. The Labute approximate surface area is 225 Å². The highest BCUT2D eigenvalue weighted by atomic mass is 79.9. The number of aliphatic hydroxyl groups is 1. The second-order valence-electron chi connectivity index (χ2n) is 9.60. The Morgan fingerprint density at radius 1 is 1.00 bits per heavy atom. The minimum atomic E-state index is -1.31. The van der Waals surface area contributed by atoms with Crippen LogP contribution >= 0.6 is 15.9 Å². The Morgan fingerprint density at radius 2 is 1.76 bits per heavy atom. The molecule has 6 nitrogen and oxygen atoms in total. The minimum absolute atomic E-state index is 0.470. The van der Waals surface area contributed by atoms with Crippen molar-refractivity contribution in [1.29, 1.82) is 0 Å². The van der Waals surface area contributed by atoms with Gasteiger partial charge in [-0.15, -0.1) is 0 Å². The predicted octanol–water partition coefficient (Wildman–Crippen LogP) is 5.75. The van der Waals surface area contributed by atoms with E-state index in [1.165, 1.54) is 0 Å². The number of hydrogen-bond acceptors (Lipinski definition) is 6. The Morgan fingerprint density at radius 3 is 2.49 bits per heavy atom. The van der Waals surface area contributed by atoms with Gasteiger partial charge in [0.1, 0.15) is 18.8 Å². The first-order valence-corrected chi connectivity index (χ1v) is 13.1. The molecule has 1 aliphatic heterocycles. The monoisotopic (exact) mass is 562 g/mol. The van der Waals surface area contributed by atoms with Crippen LogP contribution in [0.2, 0.25) is 0 Å². The van der Waals surface area contributed by atoms with Crippen LogP contribution in [-0.4, -0.2) is 56.0 Å². The number of methoxy groups -OCH3 is 1. The highest BCUT2D eigenvalue weighted by molar-refractivity contribution is 9.10. The molecule has 2 atom stereocenters. The van der Waals surface area contributed by atoms with Crippen molar-refractivity contribution in [1.82, 2.24) is 9.88 Å². The van der Waals surface area contributed by atoms with Crippen molar-refractivity contribution >= 4 is 26.8 Å². The normalized spacial score (nSPS) is 15.4. The first-order chi connectivity index (χ1) is 17.9. The maximum atomic E-state index is 12.8. The van der Waals surface area contributed by atoms with E-state index < -0.39 is 11.5 Å². The summed E-state index contributed by atoms with van der Waals surface area (Å²) in [5, 5.41) is 13.8. The molecule has 1 aromatic heterocycles. The van der Waals surface area contributed by atoms with E-state index in [4.69, 9.17) is 19.2 Å². The molecule has 5 rings (SSSR count). The summed E-state index contributed by atoms with van der Waals surface area (Å²) < 4.78 is 18.5. The number of aromatic nitrogens is 1. The fourth-order valence-corrected chi connectivity index (χ4v) is 5.42. The first-order valence-electron chi connectivity index (χ1n) is 12.4. The minimum Gasteiger partial charge on any atom is -0.486 e. The molecular formula is C30H31BrN2O4. The Balaban J connectivity index is 1.76. The van der Waals surface area contributed by atoms with Crippen LogP contribution in [0.1, 0.15) is 29.0 Å². The van der Waals surface area contributed by atoms with Crippen LogP contribution in [-0.2, 0) is 5.60 Å². The number of fused-ring (bicyclic) bond motifs is 2. The zero-order valence-corrected chi connectivity index (χ0v) is 22.9. The molecule has 0 fully saturated rings. The van der Waals surface area contributed by atoms with Gasteiger partial charge < -0.3 is 24.2 Å². The lowest BCUT2D eigenvalue weighted by Crippen LogP contribution is -2.38. The summed E-state index contributed by atoms with van der Waals surface area (Å²) in [6.07, 6.45) is 0.471. The number of hydrogen-bond donors (Lipinski definition) is 1. The van der Waals surface area contributed by atoms with Crippen molar-refractivity contribution in [2.75, 3.05) is 41.0 Å². The first kappa shape index (κ1) is 25.5. The van der Waals surface area contributed by atoms with Gasteiger partial charge in [0.25, 0.3) is 0 Å². The van der Waals surface area contributed by atoms with Gasteiger partial charge in [-0.05, 0) is 68.0 Å². The van der Waals surface area contributed by atoms with Crippen molar-refractivity contribution in [3.8, 4) is 17.4 Å². The van der Waals surface area contributed by atoms with E-state index in [9.17, 15) is 5.11 Å². The molecule has 0 radical (unpaired) electrons. The maximum Gasteiger partial charge on any atom is 0.217 e. The van der Waals surface area contributed by atoms with Gasteiger partial charge in [-0.1, -0.05) is 52.3 Å². The molecule has 192 valence electrons. The fraction of sp³-hybridized carbons (Fsp3) is 0.300. The molecule has 1 N–H and O–H groups in total. The highest BCUT2D eigenvalue weighted by Gasteiger charge is 2.43. The van der Waals surface area contributed by atoms with E-state index in [0.717, 1.165) is 32.1 Å². The second-order valence-corrected chi connectivity index (χ2v) is 10.5. The molecule has 0 spiro atoms. The third-order valence-electron chi connectivity index (χ3n) is 6.87. The summed E-state index contributed by atoms with van der Waals surface area (Å²) in [5.74, 6) is 1.36.